The molecular formula is C22H22N4O3S. The predicted molar refractivity (Wildman–Crippen MR) is 115 cm³/mol. The number of hydrogen-bond acceptors (Lipinski definition) is 6. The lowest BCUT2D eigenvalue weighted by atomic mass is 10.2. The number of H-pyrrole nitrogens is 1. The third-order valence-electron chi connectivity index (χ3n) is 4.93. The number of Topliss-reactive ketones (excluding diaryl/α,β-unsaturated/α-hetero) is 1. The van der Waals surface area contributed by atoms with Crippen molar-refractivity contribution in [3.05, 3.63) is 71.4 Å². The van der Waals surface area contributed by atoms with Crippen LogP contribution in [-0.4, -0.2) is 38.4 Å². The van der Waals surface area contributed by atoms with Crippen molar-refractivity contribution in [2.45, 2.75) is 25.5 Å². The molecule has 0 bridgehead atoms. The molecule has 0 fully saturated rings. The Morgan fingerprint density at radius 2 is 2.03 bits per heavy atom. The average Bonchev–Trinajstić information content (AvgIpc) is 3.50. The fraction of sp³-hybridized carbons (Fsp3) is 0.227. The molecule has 0 atom stereocenters. The topological polar surface area (TPSA) is 85.9 Å². The Balaban J connectivity index is 1.42. The van der Waals surface area contributed by atoms with Crippen molar-refractivity contribution >= 4 is 17.5 Å². The van der Waals surface area contributed by atoms with E-state index in [-0.39, 0.29) is 11.5 Å². The lowest BCUT2D eigenvalue weighted by Gasteiger charge is -2.07. The van der Waals surface area contributed by atoms with Crippen LogP contribution < -0.4 is 4.74 Å². The molecule has 3 heterocycles. The van der Waals surface area contributed by atoms with Crippen LogP contribution in [0.4, 0.5) is 0 Å². The Hall–Kier alpha value is -3.26. The van der Waals surface area contributed by atoms with Crippen molar-refractivity contribution < 1.29 is 13.9 Å². The van der Waals surface area contributed by atoms with Crippen molar-refractivity contribution in [3.8, 4) is 17.1 Å². The third kappa shape index (κ3) is 4.18. The Bertz CT molecular complexity index is 1140. The Morgan fingerprint density at radius 3 is 2.73 bits per heavy atom. The maximum absolute atomic E-state index is 12.8. The Kier molecular flexibility index (Phi) is 5.76. The molecule has 0 unspecified atom stereocenters. The van der Waals surface area contributed by atoms with Crippen LogP contribution in [0.25, 0.3) is 11.4 Å². The van der Waals surface area contributed by atoms with Gasteiger partial charge < -0.3 is 13.7 Å². The largest absolute Gasteiger partial charge is 0.497 e. The average molecular weight is 423 g/mol. The second-order valence-corrected chi connectivity index (χ2v) is 7.80. The van der Waals surface area contributed by atoms with E-state index in [1.165, 1.54) is 11.8 Å². The molecule has 4 rings (SSSR count). The number of aromatic nitrogens is 4. The van der Waals surface area contributed by atoms with Crippen molar-refractivity contribution in [3.63, 3.8) is 0 Å². The number of nitrogens with one attached hydrogen (secondary N) is 1. The second-order valence-electron chi connectivity index (χ2n) is 6.86. The summed E-state index contributed by atoms with van der Waals surface area (Å²) in [7, 11) is 1.63. The zero-order valence-corrected chi connectivity index (χ0v) is 17.8. The molecule has 0 amide bonds. The van der Waals surface area contributed by atoms with Crippen LogP contribution in [0.2, 0.25) is 0 Å². The molecule has 0 aliphatic rings. The van der Waals surface area contributed by atoms with Gasteiger partial charge >= 0.3 is 0 Å². The van der Waals surface area contributed by atoms with Crippen molar-refractivity contribution in [1.29, 1.82) is 0 Å². The van der Waals surface area contributed by atoms with Crippen molar-refractivity contribution in [2.24, 2.45) is 0 Å². The number of ketones is 1. The second kappa shape index (κ2) is 8.62. The lowest BCUT2D eigenvalue weighted by Crippen LogP contribution is -2.07. The standard InChI is InChI=1S/C22H22N4O3S/c1-14-11-19(15(2)26(14)12-18-5-4-10-29-18)20(27)13-30-22-23-21(24-25-22)16-6-8-17(28-3)9-7-16/h4-11H,12-13H2,1-3H3,(H,23,24,25). The molecule has 0 spiro atoms. The first-order chi connectivity index (χ1) is 14.5. The van der Waals surface area contributed by atoms with Gasteiger partial charge in [0.25, 0.3) is 0 Å². The summed E-state index contributed by atoms with van der Waals surface area (Å²) >= 11 is 1.32. The number of furan rings is 1. The lowest BCUT2D eigenvalue weighted by molar-refractivity contribution is 0.102. The summed E-state index contributed by atoms with van der Waals surface area (Å²) in [6.07, 6.45) is 1.66. The molecule has 30 heavy (non-hydrogen) atoms. The molecule has 154 valence electrons. The van der Waals surface area contributed by atoms with E-state index in [1.54, 1.807) is 13.4 Å². The van der Waals surface area contributed by atoms with E-state index < -0.39 is 0 Å². The Morgan fingerprint density at radius 1 is 1.23 bits per heavy atom. The van der Waals surface area contributed by atoms with Gasteiger partial charge in [0.15, 0.2) is 11.6 Å². The minimum Gasteiger partial charge on any atom is -0.497 e. The highest BCUT2D eigenvalue weighted by Gasteiger charge is 2.17. The van der Waals surface area contributed by atoms with E-state index in [2.05, 4.69) is 19.7 Å². The first-order valence-electron chi connectivity index (χ1n) is 9.47. The summed E-state index contributed by atoms with van der Waals surface area (Å²) in [6, 6.07) is 13.3. The van der Waals surface area contributed by atoms with Gasteiger partial charge in [0.2, 0.25) is 5.16 Å². The van der Waals surface area contributed by atoms with Gasteiger partial charge in [-0.2, -0.15) is 0 Å². The highest BCUT2D eigenvalue weighted by atomic mass is 32.2. The highest BCUT2D eigenvalue weighted by molar-refractivity contribution is 7.99. The van der Waals surface area contributed by atoms with Crippen molar-refractivity contribution in [2.75, 3.05) is 12.9 Å². The summed E-state index contributed by atoms with van der Waals surface area (Å²) in [5.74, 6) is 2.61. The van der Waals surface area contributed by atoms with E-state index in [9.17, 15) is 4.79 Å². The zero-order chi connectivity index (χ0) is 21.1. The van der Waals surface area contributed by atoms with E-state index in [0.29, 0.717) is 17.5 Å². The van der Waals surface area contributed by atoms with E-state index in [4.69, 9.17) is 9.15 Å². The molecule has 0 saturated carbocycles. The molecule has 1 aromatic carbocycles. The monoisotopic (exact) mass is 422 g/mol. The Labute approximate surface area is 178 Å². The fourth-order valence-corrected chi connectivity index (χ4v) is 3.96. The minimum absolute atomic E-state index is 0.0505. The zero-order valence-electron chi connectivity index (χ0n) is 17.0. The summed E-state index contributed by atoms with van der Waals surface area (Å²) in [4.78, 5) is 17.3. The van der Waals surface area contributed by atoms with Gasteiger partial charge in [-0.05, 0) is 56.3 Å². The SMILES string of the molecule is COc1ccc(-c2nc(SCC(=O)c3cc(C)n(Cc4ccco4)c3C)n[nH]2)cc1. The van der Waals surface area contributed by atoms with Crippen molar-refractivity contribution in [1.82, 2.24) is 19.7 Å². The molecule has 0 aliphatic heterocycles. The first-order valence-corrected chi connectivity index (χ1v) is 10.5. The molecular weight excluding hydrogens is 400 g/mol. The van der Waals surface area contributed by atoms with E-state index in [1.807, 2.05) is 56.3 Å². The maximum Gasteiger partial charge on any atom is 0.209 e. The fourth-order valence-electron chi connectivity index (χ4n) is 3.28. The number of methoxy groups -OCH3 is 1. The smallest absolute Gasteiger partial charge is 0.209 e. The van der Waals surface area contributed by atoms with Gasteiger partial charge in [0, 0.05) is 22.5 Å². The van der Waals surface area contributed by atoms with Gasteiger partial charge in [-0.1, -0.05) is 11.8 Å². The van der Waals surface area contributed by atoms with Crippen LogP contribution in [0.1, 0.15) is 27.5 Å². The number of carbonyl (C=O) groups excluding carboxylic acids is 1. The normalized spacial score (nSPS) is 11.0. The van der Waals surface area contributed by atoms with Crippen LogP contribution in [-0.2, 0) is 6.54 Å². The maximum atomic E-state index is 12.8. The van der Waals surface area contributed by atoms with Crippen LogP contribution in [0.15, 0.2) is 58.3 Å². The van der Waals surface area contributed by atoms with Crippen LogP contribution >= 0.6 is 11.8 Å². The molecule has 1 N–H and O–H groups in total. The number of thioether (sulfide) groups is 1. The van der Waals surface area contributed by atoms with Gasteiger partial charge in [-0.25, -0.2) is 4.98 Å². The number of aryl methyl sites for hydroxylation is 1. The van der Waals surface area contributed by atoms with Gasteiger partial charge in [-0.15, -0.1) is 5.10 Å². The van der Waals surface area contributed by atoms with E-state index >= 15 is 0 Å². The first kappa shape index (κ1) is 20.0. The summed E-state index contributed by atoms with van der Waals surface area (Å²) in [5.41, 5.74) is 3.58. The quantitative estimate of drug-likeness (QED) is 0.332. The molecule has 8 heteroatoms. The number of aromatic amines is 1. The number of benzene rings is 1. The molecule has 0 aliphatic carbocycles. The van der Waals surface area contributed by atoms with Crippen LogP contribution in [0.5, 0.6) is 5.75 Å². The van der Waals surface area contributed by atoms with Crippen LogP contribution in [0, 0.1) is 13.8 Å². The number of rotatable bonds is 8. The van der Waals surface area contributed by atoms with Gasteiger partial charge in [-0.3, -0.25) is 9.89 Å². The third-order valence-corrected chi connectivity index (χ3v) is 5.78. The summed E-state index contributed by atoms with van der Waals surface area (Å²) in [6.45, 7) is 4.57. The van der Waals surface area contributed by atoms with Gasteiger partial charge in [0.05, 0.1) is 25.7 Å². The van der Waals surface area contributed by atoms with Crippen LogP contribution in [0.3, 0.4) is 0 Å². The predicted octanol–water partition coefficient (Wildman–Crippen LogP) is 4.51. The number of carbonyl (C=O) groups is 1. The summed E-state index contributed by atoms with van der Waals surface area (Å²) in [5, 5.41) is 7.69. The molecule has 0 saturated heterocycles. The highest BCUT2D eigenvalue weighted by Crippen LogP contribution is 2.24. The molecule has 7 nitrogen and oxygen atoms in total. The summed E-state index contributed by atoms with van der Waals surface area (Å²) < 4.78 is 12.7. The van der Waals surface area contributed by atoms with E-state index in [0.717, 1.165) is 34.0 Å². The number of ether oxygens (including phenoxy) is 1. The molecule has 0 radical (unpaired) electrons. The number of nitrogens with zero attached hydrogens (tertiary/aromatic N) is 3. The minimum atomic E-state index is 0.0505. The molecule has 3 aromatic heterocycles. The number of hydrogen-bond donors (Lipinski definition) is 1. The molecule has 4 aromatic rings. The van der Waals surface area contributed by atoms with Gasteiger partial charge in [0.1, 0.15) is 11.5 Å².